The van der Waals surface area contributed by atoms with Crippen LogP contribution in [0.5, 0.6) is 5.75 Å². The van der Waals surface area contributed by atoms with E-state index in [0.717, 1.165) is 18.8 Å². The number of aliphatic hydroxyl groups excluding tert-OH is 1. The van der Waals surface area contributed by atoms with E-state index in [0.29, 0.717) is 24.7 Å². The van der Waals surface area contributed by atoms with Crippen LogP contribution in [0.15, 0.2) is 39.9 Å². The van der Waals surface area contributed by atoms with E-state index < -0.39 is 0 Å². The van der Waals surface area contributed by atoms with Gasteiger partial charge in [-0.2, -0.15) is 5.11 Å². The molecule has 0 spiro atoms. The Morgan fingerprint density at radius 3 is 2.57 bits per heavy atom. The number of anilines is 1. The number of hydrogen-bond acceptors (Lipinski definition) is 7. The number of benzene rings is 1. The lowest BCUT2D eigenvalue weighted by atomic mass is 10.2. The summed E-state index contributed by atoms with van der Waals surface area (Å²) in [6.07, 6.45) is 0. The number of ether oxygens (including phenoxy) is 2. The standard InChI is InChI=1S/C16H21N3O4/c1-11(20)16(12(2)21)18-17-13-4-5-14(15(10-13)22-3)19-6-8-23-9-7-19/h4-5,10,20H,6-9H2,1-3H3/b16-11-,18-17?. The molecule has 1 saturated heterocycles. The molecule has 0 radical (unpaired) electrons. The largest absolute Gasteiger partial charge is 0.510 e. The maximum Gasteiger partial charge on any atom is 0.183 e. The Hall–Kier alpha value is -2.41. The lowest BCUT2D eigenvalue weighted by Crippen LogP contribution is -2.36. The second-order valence-electron chi connectivity index (χ2n) is 5.15. The number of rotatable bonds is 5. The molecule has 1 heterocycles. The number of allylic oxidation sites excluding steroid dienone is 2. The van der Waals surface area contributed by atoms with Crippen LogP contribution in [0.3, 0.4) is 0 Å². The minimum Gasteiger partial charge on any atom is -0.510 e. The van der Waals surface area contributed by atoms with Gasteiger partial charge in [-0.05, 0) is 19.1 Å². The summed E-state index contributed by atoms with van der Waals surface area (Å²) in [5.41, 5.74) is 1.45. The van der Waals surface area contributed by atoms with E-state index in [2.05, 4.69) is 15.1 Å². The van der Waals surface area contributed by atoms with Crippen molar-refractivity contribution in [1.29, 1.82) is 0 Å². The molecule has 0 aliphatic carbocycles. The second kappa shape index (κ2) is 7.73. The van der Waals surface area contributed by atoms with Gasteiger partial charge in [-0.3, -0.25) is 4.79 Å². The molecule has 0 atom stereocenters. The van der Waals surface area contributed by atoms with Crippen molar-refractivity contribution in [2.45, 2.75) is 13.8 Å². The molecular weight excluding hydrogens is 298 g/mol. The van der Waals surface area contributed by atoms with E-state index in [1.807, 2.05) is 6.07 Å². The highest BCUT2D eigenvalue weighted by Crippen LogP contribution is 2.33. The Morgan fingerprint density at radius 1 is 1.30 bits per heavy atom. The van der Waals surface area contributed by atoms with E-state index in [1.165, 1.54) is 13.8 Å². The fourth-order valence-corrected chi connectivity index (χ4v) is 2.30. The van der Waals surface area contributed by atoms with Gasteiger partial charge in [0.2, 0.25) is 0 Å². The summed E-state index contributed by atoms with van der Waals surface area (Å²) in [6, 6.07) is 5.45. The van der Waals surface area contributed by atoms with Crippen LogP contribution in [0.1, 0.15) is 13.8 Å². The average molecular weight is 319 g/mol. The molecule has 1 aromatic carbocycles. The molecule has 0 aromatic heterocycles. The zero-order valence-electron chi connectivity index (χ0n) is 13.6. The van der Waals surface area contributed by atoms with Gasteiger partial charge in [-0.1, -0.05) is 0 Å². The molecule has 7 nitrogen and oxygen atoms in total. The van der Waals surface area contributed by atoms with Crippen molar-refractivity contribution in [3.8, 4) is 5.75 Å². The van der Waals surface area contributed by atoms with Crippen LogP contribution >= 0.6 is 0 Å². The smallest absolute Gasteiger partial charge is 0.183 e. The number of nitrogens with zero attached hydrogens (tertiary/aromatic N) is 3. The normalized spacial score (nSPS) is 16.4. The lowest BCUT2D eigenvalue weighted by molar-refractivity contribution is -0.113. The zero-order valence-corrected chi connectivity index (χ0v) is 13.6. The monoisotopic (exact) mass is 319 g/mol. The van der Waals surface area contributed by atoms with Crippen LogP contribution in [0.2, 0.25) is 0 Å². The van der Waals surface area contributed by atoms with Crippen molar-refractivity contribution in [1.82, 2.24) is 0 Å². The summed E-state index contributed by atoms with van der Waals surface area (Å²) in [5, 5.41) is 17.3. The number of aliphatic hydroxyl groups is 1. The van der Waals surface area contributed by atoms with Gasteiger partial charge in [0.05, 0.1) is 31.7 Å². The highest BCUT2D eigenvalue weighted by atomic mass is 16.5. The van der Waals surface area contributed by atoms with Crippen molar-refractivity contribution in [2.24, 2.45) is 10.2 Å². The van der Waals surface area contributed by atoms with Crippen molar-refractivity contribution in [3.63, 3.8) is 0 Å². The van der Waals surface area contributed by atoms with Gasteiger partial charge in [-0.15, -0.1) is 5.11 Å². The van der Waals surface area contributed by atoms with Crippen molar-refractivity contribution in [3.05, 3.63) is 29.7 Å². The molecular formula is C16H21N3O4. The number of azo groups is 1. The summed E-state index contributed by atoms with van der Waals surface area (Å²) in [5.74, 6) is 0.182. The molecule has 0 unspecified atom stereocenters. The molecule has 7 heteroatoms. The molecule has 0 saturated carbocycles. The van der Waals surface area contributed by atoms with Gasteiger partial charge < -0.3 is 19.5 Å². The van der Waals surface area contributed by atoms with Gasteiger partial charge in [0.15, 0.2) is 11.5 Å². The number of morpholine rings is 1. The fourth-order valence-electron chi connectivity index (χ4n) is 2.30. The molecule has 0 amide bonds. The second-order valence-corrected chi connectivity index (χ2v) is 5.15. The first-order valence-electron chi connectivity index (χ1n) is 7.36. The molecule has 23 heavy (non-hydrogen) atoms. The first-order valence-corrected chi connectivity index (χ1v) is 7.36. The quantitative estimate of drug-likeness (QED) is 0.512. The van der Waals surface area contributed by atoms with Crippen LogP contribution in [-0.2, 0) is 9.53 Å². The Labute approximate surface area is 135 Å². The fraction of sp³-hybridized carbons (Fsp3) is 0.438. The van der Waals surface area contributed by atoms with Crippen LogP contribution in [0.25, 0.3) is 0 Å². The Bertz CT molecular complexity index is 630. The minimum absolute atomic E-state index is 0.0544. The van der Waals surface area contributed by atoms with Crippen molar-refractivity contribution in [2.75, 3.05) is 38.3 Å². The third kappa shape index (κ3) is 4.29. The van der Waals surface area contributed by atoms with Crippen LogP contribution in [0, 0.1) is 0 Å². The highest BCUT2D eigenvalue weighted by Gasteiger charge is 2.16. The minimum atomic E-state index is -0.342. The van der Waals surface area contributed by atoms with Crippen LogP contribution in [0.4, 0.5) is 11.4 Å². The molecule has 124 valence electrons. The predicted octanol–water partition coefficient (Wildman–Crippen LogP) is 2.99. The number of methoxy groups -OCH3 is 1. The molecule has 0 bridgehead atoms. The van der Waals surface area contributed by atoms with E-state index in [9.17, 15) is 9.90 Å². The van der Waals surface area contributed by atoms with Gasteiger partial charge in [-0.25, -0.2) is 0 Å². The predicted molar refractivity (Wildman–Crippen MR) is 86.6 cm³/mol. The Morgan fingerprint density at radius 2 is 2.00 bits per heavy atom. The van der Waals surface area contributed by atoms with Gasteiger partial charge in [0, 0.05) is 26.1 Å². The van der Waals surface area contributed by atoms with E-state index in [4.69, 9.17) is 9.47 Å². The Kier molecular flexibility index (Phi) is 5.70. The molecule has 2 rings (SSSR count). The topological polar surface area (TPSA) is 83.7 Å². The summed E-state index contributed by atoms with van der Waals surface area (Å²) in [7, 11) is 1.60. The number of Topliss-reactive ketones (excluding diaryl/α,β-unsaturated/α-hetero) is 1. The number of carbonyl (C=O) groups is 1. The summed E-state index contributed by atoms with van der Waals surface area (Å²) < 4.78 is 10.8. The highest BCUT2D eigenvalue weighted by molar-refractivity contribution is 5.93. The van der Waals surface area contributed by atoms with E-state index >= 15 is 0 Å². The van der Waals surface area contributed by atoms with E-state index in [1.54, 1.807) is 19.2 Å². The average Bonchev–Trinajstić information content (AvgIpc) is 2.55. The lowest BCUT2D eigenvalue weighted by Gasteiger charge is -2.30. The van der Waals surface area contributed by atoms with Crippen LogP contribution < -0.4 is 9.64 Å². The molecule has 1 aliphatic heterocycles. The summed E-state index contributed by atoms with van der Waals surface area (Å²) in [4.78, 5) is 13.6. The molecule has 1 fully saturated rings. The first-order chi connectivity index (χ1) is 11.0. The SMILES string of the molecule is COc1cc(N=N/C(C(C)=O)=C(/C)O)ccc1N1CCOCC1. The molecule has 1 N–H and O–H groups in total. The zero-order chi connectivity index (χ0) is 16.8. The third-order valence-electron chi connectivity index (χ3n) is 3.46. The van der Waals surface area contributed by atoms with Gasteiger partial charge in [0.25, 0.3) is 0 Å². The maximum absolute atomic E-state index is 11.4. The van der Waals surface area contributed by atoms with E-state index in [-0.39, 0.29) is 17.2 Å². The number of ketones is 1. The molecule has 1 aliphatic rings. The summed E-state index contributed by atoms with van der Waals surface area (Å²) >= 11 is 0. The maximum atomic E-state index is 11.4. The van der Waals surface area contributed by atoms with Crippen molar-refractivity contribution < 1.29 is 19.4 Å². The number of carbonyl (C=O) groups excluding carboxylic acids is 1. The Balaban J connectivity index is 2.25. The number of hydrogen-bond donors (Lipinski definition) is 1. The van der Waals surface area contributed by atoms with Gasteiger partial charge >= 0.3 is 0 Å². The third-order valence-corrected chi connectivity index (χ3v) is 3.46. The van der Waals surface area contributed by atoms with Gasteiger partial charge in [0.1, 0.15) is 11.5 Å². The van der Waals surface area contributed by atoms with Crippen molar-refractivity contribution >= 4 is 17.2 Å². The van der Waals surface area contributed by atoms with Crippen LogP contribution in [-0.4, -0.2) is 44.3 Å². The first kappa shape index (κ1) is 17.0. The summed E-state index contributed by atoms with van der Waals surface area (Å²) in [6.45, 7) is 5.71. The molecule has 1 aromatic rings.